The number of esters is 1. The molecular weight excluding hydrogens is 344 g/mol. The second-order valence-corrected chi connectivity index (χ2v) is 6.23. The molecule has 0 amide bonds. The molecule has 0 aliphatic rings. The van der Waals surface area contributed by atoms with Crippen molar-refractivity contribution in [1.29, 1.82) is 0 Å². The van der Waals surface area contributed by atoms with E-state index in [4.69, 9.17) is 14.2 Å². The second-order valence-electron chi connectivity index (χ2n) is 6.23. The third-order valence-corrected chi connectivity index (χ3v) is 3.92. The fourth-order valence-electron chi connectivity index (χ4n) is 2.43. The first kappa shape index (κ1) is 20.5. The van der Waals surface area contributed by atoms with E-state index in [1.54, 1.807) is 36.4 Å². The number of hydrogen-bond donors (Lipinski definition) is 0. The standard InChI is InChI=1S/C22H26O5/c1-3-4-5-6-14-25-20-8-7-9-21(15-20)26-16-22(24)27-19-12-10-18(11-13-19)17(2)23/h7-13,15H,3-6,14,16H2,1-2H3. The molecule has 0 aliphatic heterocycles. The van der Waals surface area contributed by atoms with Crippen LogP contribution in [-0.2, 0) is 4.79 Å². The summed E-state index contributed by atoms with van der Waals surface area (Å²) in [6.45, 7) is 4.11. The molecule has 0 aromatic heterocycles. The van der Waals surface area contributed by atoms with E-state index in [1.165, 1.54) is 19.8 Å². The van der Waals surface area contributed by atoms with Crippen LogP contribution < -0.4 is 14.2 Å². The van der Waals surface area contributed by atoms with Gasteiger partial charge in [0.25, 0.3) is 0 Å². The molecule has 0 spiro atoms. The molecule has 2 aromatic carbocycles. The fraction of sp³-hybridized carbons (Fsp3) is 0.364. The highest BCUT2D eigenvalue weighted by molar-refractivity contribution is 5.94. The number of rotatable bonds is 11. The third kappa shape index (κ3) is 7.52. The van der Waals surface area contributed by atoms with Gasteiger partial charge >= 0.3 is 5.97 Å². The van der Waals surface area contributed by atoms with Crippen molar-refractivity contribution in [1.82, 2.24) is 0 Å². The monoisotopic (exact) mass is 370 g/mol. The number of Topliss-reactive ketones (excluding diaryl/α,β-unsaturated/α-hetero) is 1. The number of carbonyl (C=O) groups excluding carboxylic acids is 2. The molecular formula is C22H26O5. The summed E-state index contributed by atoms with van der Waals surface area (Å²) in [7, 11) is 0. The van der Waals surface area contributed by atoms with Crippen LogP contribution in [0.25, 0.3) is 0 Å². The van der Waals surface area contributed by atoms with Gasteiger partial charge in [0, 0.05) is 11.6 Å². The molecule has 144 valence electrons. The molecule has 0 saturated carbocycles. The van der Waals surface area contributed by atoms with Crippen LogP contribution in [0.1, 0.15) is 49.9 Å². The van der Waals surface area contributed by atoms with Gasteiger partial charge in [0.1, 0.15) is 17.2 Å². The maximum atomic E-state index is 11.9. The Morgan fingerprint density at radius 3 is 2.22 bits per heavy atom. The van der Waals surface area contributed by atoms with Crippen molar-refractivity contribution in [3.63, 3.8) is 0 Å². The summed E-state index contributed by atoms with van der Waals surface area (Å²) in [5.41, 5.74) is 0.567. The molecule has 0 radical (unpaired) electrons. The van der Waals surface area contributed by atoms with Crippen molar-refractivity contribution in [2.24, 2.45) is 0 Å². The quantitative estimate of drug-likeness (QED) is 0.245. The predicted molar refractivity (Wildman–Crippen MR) is 104 cm³/mol. The molecule has 0 fully saturated rings. The Morgan fingerprint density at radius 1 is 0.852 bits per heavy atom. The molecule has 0 bridgehead atoms. The third-order valence-electron chi connectivity index (χ3n) is 3.92. The van der Waals surface area contributed by atoms with E-state index in [9.17, 15) is 9.59 Å². The molecule has 5 heteroatoms. The highest BCUT2D eigenvalue weighted by atomic mass is 16.6. The first-order valence-electron chi connectivity index (χ1n) is 9.26. The molecule has 0 atom stereocenters. The maximum Gasteiger partial charge on any atom is 0.349 e. The number of unbranched alkanes of at least 4 members (excludes halogenated alkanes) is 3. The van der Waals surface area contributed by atoms with Gasteiger partial charge < -0.3 is 14.2 Å². The summed E-state index contributed by atoms with van der Waals surface area (Å²) in [6.07, 6.45) is 4.59. The van der Waals surface area contributed by atoms with E-state index < -0.39 is 5.97 Å². The average Bonchev–Trinajstić information content (AvgIpc) is 2.67. The minimum atomic E-state index is -0.517. The van der Waals surface area contributed by atoms with Crippen molar-refractivity contribution in [3.8, 4) is 17.2 Å². The van der Waals surface area contributed by atoms with Gasteiger partial charge in [-0.05, 0) is 49.7 Å². The molecule has 0 N–H and O–H groups in total. The summed E-state index contributed by atoms with van der Waals surface area (Å²) in [5, 5.41) is 0. The molecule has 2 rings (SSSR count). The fourth-order valence-corrected chi connectivity index (χ4v) is 2.43. The zero-order valence-corrected chi connectivity index (χ0v) is 15.9. The topological polar surface area (TPSA) is 61.8 Å². The summed E-state index contributed by atoms with van der Waals surface area (Å²) >= 11 is 0. The lowest BCUT2D eigenvalue weighted by molar-refractivity contribution is -0.136. The number of ether oxygens (including phenoxy) is 3. The summed E-state index contributed by atoms with van der Waals surface area (Å²) < 4.78 is 16.4. The van der Waals surface area contributed by atoms with Gasteiger partial charge in [0.2, 0.25) is 0 Å². The second kappa shape index (κ2) is 11.0. The SMILES string of the molecule is CCCCCCOc1cccc(OCC(=O)Oc2ccc(C(C)=O)cc2)c1. The number of hydrogen-bond acceptors (Lipinski definition) is 5. The maximum absolute atomic E-state index is 11.9. The van der Waals surface area contributed by atoms with Gasteiger partial charge in [-0.3, -0.25) is 4.79 Å². The van der Waals surface area contributed by atoms with Crippen molar-refractivity contribution < 1.29 is 23.8 Å². The molecule has 0 unspecified atom stereocenters. The minimum Gasteiger partial charge on any atom is -0.493 e. The first-order chi connectivity index (χ1) is 13.1. The van der Waals surface area contributed by atoms with Gasteiger partial charge in [-0.2, -0.15) is 0 Å². The van der Waals surface area contributed by atoms with Crippen molar-refractivity contribution in [3.05, 3.63) is 54.1 Å². The Kier molecular flexibility index (Phi) is 8.36. The Hall–Kier alpha value is -2.82. The lowest BCUT2D eigenvalue weighted by atomic mass is 10.1. The van der Waals surface area contributed by atoms with E-state index in [-0.39, 0.29) is 12.4 Å². The van der Waals surface area contributed by atoms with Crippen molar-refractivity contribution in [2.45, 2.75) is 39.5 Å². The first-order valence-corrected chi connectivity index (χ1v) is 9.26. The molecule has 0 heterocycles. The van der Waals surface area contributed by atoms with Crippen LogP contribution in [0.15, 0.2) is 48.5 Å². The Labute approximate surface area is 160 Å². The number of benzene rings is 2. The normalized spacial score (nSPS) is 10.3. The van der Waals surface area contributed by atoms with Crippen LogP contribution >= 0.6 is 0 Å². The Balaban J connectivity index is 1.77. The minimum absolute atomic E-state index is 0.0383. The highest BCUT2D eigenvalue weighted by Crippen LogP contribution is 2.20. The molecule has 27 heavy (non-hydrogen) atoms. The van der Waals surface area contributed by atoms with Gasteiger partial charge in [0.05, 0.1) is 6.61 Å². The van der Waals surface area contributed by atoms with E-state index in [0.717, 1.165) is 18.6 Å². The van der Waals surface area contributed by atoms with Crippen molar-refractivity contribution in [2.75, 3.05) is 13.2 Å². The van der Waals surface area contributed by atoms with Gasteiger partial charge in [-0.15, -0.1) is 0 Å². The van der Waals surface area contributed by atoms with Crippen molar-refractivity contribution >= 4 is 11.8 Å². The van der Waals surface area contributed by atoms with Gasteiger partial charge in [0.15, 0.2) is 12.4 Å². The molecule has 5 nitrogen and oxygen atoms in total. The van der Waals surface area contributed by atoms with E-state index in [0.29, 0.717) is 23.7 Å². The lowest BCUT2D eigenvalue weighted by Gasteiger charge is -2.10. The Morgan fingerprint density at radius 2 is 1.56 bits per heavy atom. The van der Waals surface area contributed by atoms with E-state index in [1.807, 2.05) is 12.1 Å². The van der Waals surface area contributed by atoms with Crippen LogP contribution in [0, 0.1) is 0 Å². The zero-order chi connectivity index (χ0) is 19.5. The number of carbonyl (C=O) groups is 2. The molecule has 2 aromatic rings. The van der Waals surface area contributed by atoms with Crippen LogP contribution in [0.3, 0.4) is 0 Å². The molecule has 0 saturated heterocycles. The molecule has 0 aliphatic carbocycles. The highest BCUT2D eigenvalue weighted by Gasteiger charge is 2.08. The predicted octanol–water partition coefficient (Wildman–Crippen LogP) is 4.83. The van der Waals surface area contributed by atoms with Crippen LogP contribution in [0.4, 0.5) is 0 Å². The average molecular weight is 370 g/mol. The summed E-state index contributed by atoms with van der Waals surface area (Å²) in [4.78, 5) is 23.2. The van der Waals surface area contributed by atoms with Crippen LogP contribution in [0.2, 0.25) is 0 Å². The van der Waals surface area contributed by atoms with Crippen LogP contribution in [-0.4, -0.2) is 25.0 Å². The smallest absolute Gasteiger partial charge is 0.349 e. The van der Waals surface area contributed by atoms with E-state index >= 15 is 0 Å². The zero-order valence-electron chi connectivity index (χ0n) is 15.9. The largest absolute Gasteiger partial charge is 0.493 e. The summed E-state index contributed by atoms with van der Waals surface area (Å²) in [5.74, 6) is 1.08. The summed E-state index contributed by atoms with van der Waals surface area (Å²) in [6, 6.07) is 13.6. The van der Waals surface area contributed by atoms with Gasteiger partial charge in [-0.25, -0.2) is 4.79 Å². The number of ketones is 1. The Bertz CT molecular complexity index is 737. The van der Waals surface area contributed by atoms with Gasteiger partial charge in [-0.1, -0.05) is 32.3 Å². The van der Waals surface area contributed by atoms with Crippen LogP contribution in [0.5, 0.6) is 17.2 Å². The lowest BCUT2D eigenvalue weighted by Crippen LogP contribution is -2.17. The van der Waals surface area contributed by atoms with E-state index in [2.05, 4.69) is 6.92 Å².